The van der Waals surface area contributed by atoms with E-state index < -0.39 is 18.8 Å². The first kappa shape index (κ1) is 19.4. The van der Waals surface area contributed by atoms with Crippen LogP contribution in [0.4, 0.5) is 13.2 Å². The van der Waals surface area contributed by atoms with Crippen LogP contribution in [0.1, 0.15) is 6.92 Å². The molecular weight excluding hydrogens is 299 g/mol. The highest BCUT2D eigenvalue weighted by molar-refractivity contribution is 5.85. The fourth-order valence-corrected chi connectivity index (χ4v) is 2.15. The van der Waals surface area contributed by atoms with Gasteiger partial charge >= 0.3 is 6.18 Å². The van der Waals surface area contributed by atoms with Gasteiger partial charge in [0.15, 0.2) is 0 Å². The van der Waals surface area contributed by atoms with Crippen LogP contribution in [0.15, 0.2) is 0 Å². The van der Waals surface area contributed by atoms with Crippen molar-refractivity contribution in [2.24, 2.45) is 5.73 Å². The largest absolute Gasteiger partial charge is 0.401 e. The molecular formula is C11H21ClF3N3O2. The van der Waals surface area contributed by atoms with Crippen LogP contribution >= 0.6 is 12.4 Å². The number of carbonyl (C=O) groups is 1. The van der Waals surface area contributed by atoms with Gasteiger partial charge in [0.2, 0.25) is 5.91 Å². The van der Waals surface area contributed by atoms with Crippen molar-refractivity contribution in [3.8, 4) is 0 Å². The number of nitrogens with zero attached hydrogens (tertiary/aromatic N) is 2. The van der Waals surface area contributed by atoms with Gasteiger partial charge in [0.25, 0.3) is 0 Å². The van der Waals surface area contributed by atoms with Gasteiger partial charge in [-0.15, -0.1) is 12.4 Å². The van der Waals surface area contributed by atoms with Gasteiger partial charge < -0.3 is 15.4 Å². The van der Waals surface area contributed by atoms with E-state index in [1.54, 1.807) is 6.92 Å². The molecule has 120 valence electrons. The average Bonchev–Trinajstić information content (AvgIpc) is 2.29. The molecule has 1 aliphatic rings. The third-order valence-electron chi connectivity index (χ3n) is 3.12. The highest BCUT2D eigenvalue weighted by Crippen LogP contribution is 2.20. The standard InChI is InChI=1S/C11H20F3N3O2.ClH/c1-8-5-16(10(18)9(15)6-19-2)3-4-17(8)7-11(12,13)14;/h8-9H,3-7,15H2,1-2H3;1H. The van der Waals surface area contributed by atoms with E-state index in [9.17, 15) is 18.0 Å². The molecule has 0 aromatic carbocycles. The minimum atomic E-state index is -4.22. The lowest BCUT2D eigenvalue weighted by Crippen LogP contribution is -2.58. The van der Waals surface area contributed by atoms with Crippen molar-refractivity contribution in [2.75, 3.05) is 39.9 Å². The fraction of sp³-hybridized carbons (Fsp3) is 0.909. The minimum Gasteiger partial charge on any atom is -0.383 e. The number of nitrogens with two attached hydrogens (primary N) is 1. The summed E-state index contributed by atoms with van der Waals surface area (Å²) in [6.07, 6.45) is -4.22. The number of methoxy groups -OCH3 is 1. The Morgan fingerprint density at radius 1 is 1.45 bits per heavy atom. The van der Waals surface area contributed by atoms with Crippen LogP contribution in [0.5, 0.6) is 0 Å². The van der Waals surface area contributed by atoms with Crippen LogP contribution in [0.3, 0.4) is 0 Å². The molecule has 20 heavy (non-hydrogen) atoms. The molecule has 1 heterocycles. The lowest BCUT2D eigenvalue weighted by atomic mass is 10.1. The summed E-state index contributed by atoms with van der Waals surface area (Å²) in [7, 11) is 1.44. The Morgan fingerprint density at radius 2 is 2.05 bits per heavy atom. The van der Waals surface area contributed by atoms with Gasteiger partial charge in [-0.3, -0.25) is 9.69 Å². The molecule has 0 aromatic rings. The van der Waals surface area contributed by atoms with E-state index in [0.29, 0.717) is 0 Å². The van der Waals surface area contributed by atoms with E-state index in [0.717, 1.165) is 0 Å². The molecule has 1 rings (SSSR count). The van der Waals surface area contributed by atoms with Gasteiger partial charge in [0.1, 0.15) is 6.04 Å². The minimum absolute atomic E-state index is 0. The summed E-state index contributed by atoms with van der Waals surface area (Å²) >= 11 is 0. The summed E-state index contributed by atoms with van der Waals surface area (Å²) in [6.45, 7) is 1.55. The number of ether oxygens (including phenoxy) is 1. The second-order valence-electron chi connectivity index (χ2n) is 4.78. The number of carbonyl (C=O) groups excluding carboxylic acids is 1. The number of amides is 1. The van der Waals surface area contributed by atoms with Crippen LogP contribution < -0.4 is 5.73 Å². The second-order valence-corrected chi connectivity index (χ2v) is 4.78. The van der Waals surface area contributed by atoms with Crippen molar-refractivity contribution in [3.05, 3.63) is 0 Å². The van der Waals surface area contributed by atoms with Crippen LogP contribution in [0, 0.1) is 0 Å². The number of alkyl halides is 3. The zero-order chi connectivity index (χ0) is 14.6. The maximum absolute atomic E-state index is 12.3. The molecule has 5 nitrogen and oxygen atoms in total. The summed E-state index contributed by atoms with van der Waals surface area (Å²) in [5, 5.41) is 0. The Hall–Kier alpha value is -0.570. The molecule has 2 atom stereocenters. The lowest BCUT2D eigenvalue weighted by Gasteiger charge is -2.40. The van der Waals surface area contributed by atoms with Gasteiger partial charge in [-0.2, -0.15) is 13.2 Å². The zero-order valence-corrected chi connectivity index (χ0v) is 12.3. The predicted molar refractivity (Wildman–Crippen MR) is 70.8 cm³/mol. The molecule has 0 aliphatic carbocycles. The Labute approximate surface area is 122 Å². The maximum atomic E-state index is 12.3. The van der Waals surface area contributed by atoms with E-state index in [2.05, 4.69) is 0 Å². The maximum Gasteiger partial charge on any atom is 0.401 e. The van der Waals surface area contributed by atoms with Gasteiger partial charge in [0, 0.05) is 32.8 Å². The van der Waals surface area contributed by atoms with Gasteiger partial charge in [-0.25, -0.2) is 0 Å². The third kappa shape index (κ3) is 5.82. The number of piperazine rings is 1. The highest BCUT2D eigenvalue weighted by atomic mass is 35.5. The van der Waals surface area contributed by atoms with Crippen molar-refractivity contribution in [1.82, 2.24) is 9.80 Å². The van der Waals surface area contributed by atoms with Crippen LogP contribution in [0.2, 0.25) is 0 Å². The number of halogens is 4. The molecule has 1 saturated heterocycles. The summed E-state index contributed by atoms with van der Waals surface area (Å²) < 4.78 is 41.8. The van der Waals surface area contributed by atoms with Crippen LogP contribution in [0.25, 0.3) is 0 Å². The van der Waals surface area contributed by atoms with E-state index in [1.165, 1.54) is 16.9 Å². The van der Waals surface area contributed by atoms with E-state index in [4.69, 9.17) is 10.5 Å². The van der Waals surface area contributed by atoms with Crippen molar-refractivity contribution in [1.29, 1.82) is 0 Å². The first-order chi connectivity index (χ1) is 8.74. The van der Waals surface area contributed by atoms with Crippen LogP contribution in [-0.2, 0) is 9.53 Å². The first-order valence-electron chi connectivity index (χ1n) is 6.08. The van der Waals surface area contributed by atoms with E-state index in [-0.39, 0.29) is 50.6 Å². The molecule has 0 bridgehead atoms. The van der Waals surface area contributed by atoms with Gasteiger partial charge in [0.05, 0.1) is 13.2 Å². The molecule has 0 aromatic heterocycles. The SMILES string of the molecule is COCC(N)C(=O)N1CCN(CC(F)(F)F)C(C)C1.Cl. The molecule has 9 heteroatoms. The zero-order valence-electron chi connectivity index (χ0n) is 11.5. The molecule has 2 unspecified atom stereocenters. The summed E-state index contributed by atoms with van der Waals surface area (Å²) in [4.78, 5) is 14.7. The van der Waals surface area contributed by atoms with Crippen molar-refractivity contribution < 1.29 is 22.7 Å². The van der Waals surface area contributed by atoms with Crippen LogP contribution in [-0.4, -0.2) is 73.9 Å². The molecule has 0 saturated carbocycles. The smallest absolute Gasteiger partial charge is 0.383 e. The Kier molecular flexibility index (Phi) is 7.79. The fourth-order valence-electron chi connectivity index (χ4n) is 2.15. The van der Waals surface area contributed by atoms with Crippen molar-refractivity contribution >= 4 is 18.3 Å². The molecule has 1 fully saturated rings. The molecule has 2 N–H and O–H groups in total. The quantitative estimate of drug-likeness (QED) is 0.819. The number of hydrogen-bond donors (Lipinski definition) is 1. The van der Waals surface area contributed by atoms with E-state index in [1.807, 2.05) is 0 Å². The third-order valence-corrected chi connectivity index (χ3v) is 3.12. The summed E-state index contributed by atoms with van der Waals surface area (Å²) in [5.41, 5.74) is 5.63. The van der Waals surface area contributed by atoms with Crippen molar-refractivity contribution in [2.45, 2.75) is 25.2 Å². The Balaban J connectivity index is 0.00000361. The first-order valence-corrected chi connectivity index (χ1v) is 6.08. The van der Waals surface area contributed by atoms with Gasteiger partial charge in [-0.05, 0) is 6.92 Å². The predicted octanol–water partition coefficient (Wildman–Crippen LogP) is 0.477. The van der Waals surface area contributed by atoms with Crippen molar-refractivity contribution in [3.63, 3.8) is 0 Å². The Bertz CT molecular complexity index is 318. The van der Waals surface area contributed by atoms with E-state index >= 15 is 0 Å². The second kappa shape index (κ2) is 8.02. The topological polar surface area (TPSA) is 58.8 Å². The molecule has 1 amide bonds. The molecule has 0 radical (unpaired) electrons. The summed E-state index contributed by atoms with van der Waals surface area (Å²) in [6, 6.07) is -1.10. The molecule has 1 aliphatic heterocycles. The normalized spacial score (nSPS) is 22.3. The number of hydrogen-bond acceptors (Lipinski definition) is 4. The van der Waals surface area contributed by atoms with Gasteiger partial charge in [-0.1, -0.05) is 0 Å². The monoisotopic (exact) mass is 319 g/mol. The average molecular weight is 320 g/mol. The highest BCUT2D eigenvalue weighted by Gasteiger charge is 2.36. The molecule has 0 spiro atoms. The Morgan fingerprint density at radius 3 is 2.50 bits per heavy atom. The summed E-state index contributed by atoms with van der Waals surface area (Å²) in [5.74, 6) is -0.277. The lowest BCUT2D eigenvalue weighted by molar-refractivity contribution is -0.158. The number of rotatable bonds is 4.